The van der Waals surface area contributed by atoms with Crippen molar-refractivity contribution in [3.8, 4) is 5.69 Å². The van der Waals surface area contributed by atoms with Crippen LogP contribution in [0.5, 0.6) is 0 Å². The van der Waals surface area contributed by atoms with Gasteiger partial charge in [-0.15, -0.1) is 5.10 Å². The highest BCUT2D eigenvalue weighted by Gasteiger charge is 2.18. The lowest BCUT2D eigenvalue weighted by molar-refractivity contribution is -0.384. The van der Waals surface area contributed by atoms with Crippen LogP contribution in [0.15, 0.2) is 24.3 Å². The fraction of sp³-hybridized carbons (Fsp3) is 0.526. The van der Waals surface area contributed by atoms with Gasteiger partial charge in [-0.3, -0.25) is 14.9 Å². The Morgan fingerprint density at radius 2 is 2.14 bits per heavy atom. The van der Waals surface area contributed by atoms with Gasteiger partial charge >= 0.3 is 0 Å². The molecule has 1 N–H and O–H groups in total. The lowest BCUT2D eigenvalue weighted by atomic mass is 9.98. The van der Waals surface area contributed by atoms with E-state index in [9.17, 15) is 14.9 Å². The molecule has 9 heteroatoms. The predicted octanol–water partition coefficient (Wildman–Crippen LogP) is 2.95. The summed E-state index contributed by atoms with van der Waals surface area (Å²) in [6, 6.07) is 6.05. The summed E-state index contributed by atoms with van der Waals surface area (Å²) in [6.45, 7) is 2.83. The summed E-state index contributed by atoms with van der Waals surface area (Å²) in [5, 5.41) is 21.7. The Kier molecular flexibility index (Phi) is 6.70. The fourth-order valence-corrected chi connectivity index (χ4v) is 3.36. The number of nitro benzene ring substituents is 1. The van der Waals surface area contributed by atoms with E-state index in [0.29, 0.717) is 30.6 Å². The number of hydrogen-bond donors (Lipinski definition) is 1. The third-order valence-electron chi connectivity index (χ3n) is 4.91. The number of nitro groups is 1. The summed E-state index contributed by atoms with van der Waals surface area (Å²) >= 11 is 0. The van der Waals surface area contributed by atoms with Gasteiger partial charge in [0.15, 0.2) is 5.69 Å². The van der Waals surface area contributed by atoms with Crippen molar-refractivity contribution in [3.63, 3.8) is 0 Å². The van der Waals surface area contributed by atoms with Gasteiger partial charge in [0.05, 0.1) is 22.4 Å². The Morgan fingerprint density at radius 3 is 2.89 bits per heavy atom. The van der Waals surface area contributed by atoms with Crippen LogP contribution in [0.1, 0.15) is 54.7 Å². The van der Waals surface area contributed by atoms with Crippen LogP contribution in [-0.2, 0) is 4.74 Å². The maximum atomic E-state index is 12.4. The smallest absolute Gasteiger partial charge is 0.273 e. The number of hydrogen-bond acceptors (Lipinski definition) is 6. The molecule has 1 aliphatic rings. The van der Waals surface area contributed by atoms with E-state index in [1.165, 1.54) is 36.1 Å². The van der Waals surface area contributed by atoms with Crippen LogP contribution >= 0.6 is 0 Å². The van der Waals surface area contributed by atoms with Crippen LogP contribution in [0.4, 0.5) is 5.69 Å². The van der Waals surface area contributed by atoms with E-state index in [0.717, 1.165) is 19.3 Å². The molecule has 1 aliphatic carbocycles. The number of amides is 1. The van der Waals surface area contributed by atoms with E-state index in [1.54, 1.807) is 19.1 Å². The lowest BCUT2D eigenvalue weighted by Gasteiger charge is -2.21. The maximum Gasteiger partial charge on any atom is 0.273 e. The van der Waals surface area contributed by atoms with Gasteiger partial charge in [0.2, 0.25) is 0 Å². The topological polar surface area (TPSA) is 112 Å². The van der Waals surface area contributed by atoms with Gasteiger partial charge < -0.3 is 10.1 Å². The van der Waals surface area contributed by atoms with Crippen molar-refractivity contribution in [2.24, 2.45) is 0 Å². The second-order valence-electron chi connectivity index (χ2n) is 6.95. The van der Waals surface area contributed by atoms with E-state index in [-0.39, 0.29) is 17.3 Å². The highest BCUT2D eigenvalue weighted by Crippen LogP contribution is 2.20. The Bertz CT molecular complexity index is 829. The number of carbonyl (C=O) groups is 1. The highest BCUT2D eigenvalue weighted by atomic mass is 16.6. The van der Waals surface area contributed by atoms with Gasteiger partial charge in [0.25, 0.3) is 11.6 Å². The molecule has 0 bridgehead atoms. The van der Waals surface area contributed by atoms with Crippen molar-refractivity contribution in [3.05, 3.63) is 45.8 Å². The van der Waals surface area contributed by atoms with Gasteiger partial charge in [0.1, 0.15) is 0 Å². The van der Waals surface area contributed by atoms with Gasteiger partial charge in [-0.05, 0) is 32.3 Å². The number of nitrogens with zero attached hydrogens (tertiary/aromatic N) is 4. The molecule has 1 aromatic carbocycles. The quantitative estimate of drug-likeness (QED) is 0.423. The SMILES string of the molecule is Cc1c(C(=O)NCCCOC2CCCCC2)nnn1-c1cccc([N+](=O)[O-])c1. The van der Waals surface area contributed by atoms with Crippen molar-refractivity contribution >= 4 is 11.6 Å². The Morgan fingerprint density at radius 1 is 1.36 bits per heavy atom. The summed E-state index contributed by atoms with van der Waals surface area (Å²) in [5.41, 5.74) is 1.17. The second-order valence-corrected chi connectivity index (χ2v) is 6.95. The van der Waals surface area contributed by atoms with Crippen molar-refractivity contribution < 1.29 is 14.5 Å². The molecule has 3 rings (SSSR count). The van der Waals surface area contributed by atoms with Crippen molar-refractivity contribution in [1.82, 2.24) is 20.3 Å². The first-order valence-electron chi connectivity index (χ1n) is 9.63. The zero-order chi connectivity index (χ0) is 19.9. The van der Waals surface area contributed by atoms with E-state index in [1.807, 2.05) is 0 Å². The van der Waals surface area contributed by atoms with Crippen LogP contribution in [0.25, 0.3) is 5.69 Å². The first-order valence-corrected chi connectivity index (χ1v) is 9.63. The molecule has 1 amide bonds. The maximum absolute atomic E-state index is 12.4. The molecule has 1 fully saturated rings. The molecule has 2 aromatic rings. The molecule has 1 saturated carbocycles. The Hall–Kier alpha value is -2.81. The fourth-order valence-electron chi connectivity index (χ4n) is 3.36. The first kappa shape index (κ1) is 19.9. The molecule has 9 nitrogen and oxygen atoms in total. The minimum absolute atomic E-state index is 0.0450. The first-order chi connectivity index (χ1) is 13.6. The zero-order valence-corrected chi connectivity index (χ0v) is 16.0. The molecule has 0 unspecified atom stereocenters. The third-order valence-corrected chi connectivity index (χ3v) is 4.91. The molecule has 1 aromatic heterocycles. The van der Waals surface area contributed by atoms with Crippen LogP contribution in [0.2, 0.25) is 0 Å². The second kappa shape index (κ2) is 9.41. The van der Waals surface area contributed by atoms with E-state index < -0.39 is 4.92 Å². The van der Waals surface area contributed by atoms with Gasteiger partial charge in [-0.2, -0.15) is 0 Å². The number of nitrogens with one attached hydrogen (secondary N) is 1. The number of rotatable bonds is 8. The number of carbonyl (C=O) groups excluding carboxylic acids is 1. The number of aromatic nitrogens is 3. The summed E-state index contributed by atoms with van der Waals surface area (Å²) in [6.07, 6.45) is 7.13. The molecular weight excluding hydrogens is 362 g/mol. The van der Waals surface area contributed by atoms with Gasteiger partial charge in [0, 0.05) is 25.3 Å². The number of benzene rings is 1. The minimum Gasteiger partial charge on any atom is -0.378 e. The summed E-state index contributed by atoms with van der Waals surface area (Å²) < 4.78 is 7.27. The lowest BCUT2D eigenvalue weighted by Crippen LogP contribution is -2.27. The summed E-state index contributed by atoms with van der Waals surface area (Å²) in [5.74, 6) is -0.313. The zero-order valence-electron chi connectivity index (χ0n) is 16.0. The molecule has 0 atom stereocenters. The van der Waals surface area contributed by atoms with E-state index in [2.05, 4.69) is 15.6 Å². The predicted molar refractivity (Wildman–Crippen MR) is 103 cm³/mol. The largest absolute Gasteiger partial charge is 0.378 e. The summed E-state index contributed by atoms with van der Waals surface area (Å²) in [4.78, 5) is 22.8. The standard InChI is InChI=1S/C19H25N5O4/c1-14-18(19(25)20-11-6-12-28-17-9-3-2-4-10-17)21-22-23(14)15-7-5-8-16(13-15)24(26)27/h5,7-8,13,17H,2-4,6,9-12H2,1H3,(H,20,25). The van der Waals surface area contributed by atoms with Crippen LogP contribution < -0.4 is 5.32 Å². The molecular formula is C19H25N5O4. The van der Waals surface area contributed by atoms with Gasteiger partial charge in [-0.25, -0.2) is 4.68 Å². The summed E-state index contributed by atoms with van der Waals surface area (Å²) in [7, 11) is 0. The highest BCUT2D eigenvalue weighted by molar-refractivity contribution is 5.93. The average Bonchev–Trinajstić information content (AvgIpc) is 3.10. The molecule has 28 heavy (non-hydrogen) atoms. The molecule has 0 radical (unpaired) electrons. The van der Waals surface area contributed by atoms with Crippen LogP contribution in [0.3, 0.4) is 0 Å². The van der Waals surface area contributed by atoms with Crippen LogP contribution in [0, 0.1) is 17.0 Å². The number of non-ortho nitro benzene ring substituents is 1. The molecule has 1 heterocycles. The van der Waals surface area contributed by atoms with Crippen molar-refractivity contribution in [2.75, 3.05) is 13.2 Å². The van der Waals surface area contributed by atoms with Crippen molar-refractivity contribution in [1.29, 1.82) is 0 Å². The molecule has 0 spiro atoms. The third kappa shape index (κ3) is 4.92. The Labute approximate surface area is 163 Å². The average molecular weight is 387 g/mol. The normalized spacial score (nSPS) is 14.8. The van der Waals surface area contributed by atoms with E-state index in [4.69, 9.17) is 4.74 Å². The van der Waals surface area contributed by atoms with Crippen LogP contribution in [-0.4, -0.2) is 45.1 Å². The molecule has 0 aliphatic heterocycles. The van der Waals surface area contributed by atoms with Gasteiger partial charge in [-0.1, -0.05) is 30.5 Å². The minimum atomic E-state index is -0.473. The number of ether oxygens (including phenoxy) is 1. The van der Waals surface area contributed by atoms with E-state index >= 15 is 0 Å². The molecule has 150 valence electrons. The monoisotopic (exact) mass is 387 g/mol. The van der Waals surface area contributed by atoms with Crippen molar-refractivity contribution in [2.45, 2.75) is 51.6 Å². The molecule has 0 saturated heterocycles. The Balaban J connectivity index is 1.52.